The number of fused-ring (bicyclic) bond motifs is 1. The van der Waals surface area contributed by atoms with Crippen molar-refractivity contribution in [3.63, 3.8) is 0 Å². The average Bonchev–Trinajstić information content (AvgIpc) is 2.59. The highest BCUT2D eigenvalue weighted by Crippen LogP contribution is 2.25. The number of nitrogens with one attached hydrogen (secondary N) is 1. The number of nitrogens with zero attached hydrogens (tertiary/aromatic N) is 3. The maximum atomic E-state index is 11.3. The molecule has 0 radical (unpaired) electrons. The number of hydrogen-bond donors (Lipinski definition) is 2. The summed E-state index contributed by atoms with van der Waals surface area (Å²) >= 11 is 0. The van der Waals surface area contributed by atoms with Gasteiger partial charge in [0.15, 0.2) is 5.65 Å². The molecule has 6 heteroatoms. The average molecular weight is 235 g/mol. The summed E-state index contributed by atoms with van der Waals surface area (Å²) in [6.07, 6.45) is 1.49. The topological polar surface area (TPSA) is 89.1 Å². The zero-order chi connectivity index (χ0) is 12.6. The Hall–Kier alpha value is -1.69. The summed E-state index contributed by atoms with van der Waals surface area (Å²) in [4.78, 5) is 15.6. The van der Waals surface area contributed by atoms with Gasteiger partial charge in [-0.05, 0) is 12.8 Å². The van der Waals surface area contributed by atoms with Crippen LogP contribution < -0.4 is 11.4 Å². The number of nitrogens with two attached hydrogens (primary N) is 1. The molecule has 0 aliphatic rings. The molecule has 0 saturated carbocycles. The first-order chi connectivity index (χ1) is 8.00. The van der Waals surface area contributed by atoms with E-state index in [1.165, 1.54) is 10.7 Å². The predicted molar refractivity (Wildman–Crippen MR) is 64.8 cm³/mol. The molecule has 6 nitrogen and oxygen atoms in total. The van der Waals surface area contributed by atoms with Gasteiger partial charge in [-0.1, -0.05) is 13.8 Å². The standard InChI is InChI=1S/C11H17N5O/c1-6(2)10(7(3)12)8-4-9-14-15-11(17)16(9)5-13-8/h4-7,10H,12H2,1-3H3,(H,15,17). The third-order valence-electron chi connectivity index (χ3n) is 2.96. The number of H-pyrrole nitrogens is 1. The van der Waals surface area contributed by atoms with E-state index < -0.39 is 0 Å². The molecule has 0 aliphatic carbocycles. The summed E-state index contributed by atoms with van der Waals surface area (Å²) in [6.45, 7) is 6.18. The Bertz CT molecular complexity index is 560. The van der Waals surface area contributed by atoms with Crippen LogP contribution in [0.2, 0.25) is 0 Å². The van der Waals surface area contributed by atoms with Crippen molar-refractivity contribution in [1.82, 2.24) is 19.6 Å². The van der Waals surface area contributed by atoms with Crippen molar-refractivity contribution >= 4 is 5.65 Å². The molecule has 2 aromatic rings. The zero-order valence-electron chi connectivity index (χ0n) is 10.2. The predicted octanol–water partition coefficient (Wildman–Crippen LogP) is 0.504. The van der Waals surface area contributed by atoms with Gasteiger partial charge in [0.1, 0.15) is 6.33 Å². The number of aromatic amines is 1. The van der Waals surface area contributed by atoms with E-state index in [9.17, 15) is 4.79 Å². The Kier molecular flexibility index (Phi) is 2.97. The number of rotatable bonds is 3. The lowest BCUT2D eigenvalue weighted by Crippen LogP contribution is -2.29. The minimum atomic E-state index is -0.277. The molecular weight excluding hydrogens is 218 g/mol. The summed E-state index contributed by atoms with van der Waals surface area (Å²) in [5, 5.41) is 6.31. The minimum absolute atomic E-state index is 0.00983. The van der Waals surface area contributed by atoms with Gasteiger partial charge in [-0.3, -0.25) is 0 Å². The van der Waals surface area contributed by atoms with Crippen LogP contribution in [0.3, 0.4) is 0 Å². The molecular formula is C11H17N5O. The van der Waals surface area contributed by atoms with Crippen molar-refractivity contribution < 1.29 is 0 Å². The molecule has 2 rings (SSSR count). The van der Waals surface area contributed by atoms with Gasteiger partial charge in [-0.25, -0.2) is 19.3 Å². The Morgan fingerprint density at radius 1 is 1.41 bits per heavy atom. The fraction of sp³-hybridized carbons (Fsp3) is 0.545. The highest BCUT2D eigenvalue weighted by molar-refractivity contribution is 5.38. The zero-order valence-corrected chi connectivity index (χ0v) is 10.2. The molecule has 0 amide bonds. The molecule has 2 atom stereocenters. The first-order valence-corrected chi connectivity index (χ1v) is 5.69. The van der Waals surface area contributed by atoms with Gasteiger partial charge in [0.2, 0.25) is 0 Å². The fourth-order valence-corrected chi connectivity index (χ4v) is 2.22. The smallest absolute Gasteiger partial charge is 0.327 e. The van der Waals surface area contributed by atoms with Crippen LogP contribution in [0.15, 0.2) is 17.2 Å². The van der Waals surface area contributed by atoms with Crippen molar-refractivity contribution in [2.75, 3.05) is 0 Å². The van der Waals surface area contributed by atoms with Crippen molar-refractivity contribution in [3.8, 4) is 0 Å². The molecule has 2 aromatic heterocycles. The van der Waals surface area contributed by atoms with Gasteiger partial charge in [-0.15, -0.1) is 0 Å². The van der Waals surface area contributed by atoms with Crippen LogP contribution in [0.25, 0.3) is 5.65 Å². The Morgan fingerprint density at radius 3 is 2.71 bits per heavy atom. The van der Waals surface area contributed by atoms with Crippen LogP contribution in [0.5, 0.6) is 0 Å². The third-order valence-corrected chi connectivity index (χ3v) is 2.96. The molecule has 17 heavy (non-hydrogen) atoms. The molecule has 0 aromatic carbocycles. The van der Waals surface area contributed by atoms with Gasteiger partial charge in [-0.2, -0.15) is 5.10 Å². The highest BCUT2D eigenvalue weighted by atomic mass is 16.1. The molecule has 0 bridgehead atoms. The van der Waals surface area contributed by atoms with Crippen LogP contribution in [0.4, 0.5) is 0 Å². The second-order valence-electron chi connectivity index (χ2n) is 4.70. The molecule has 0 fully saturated rings. The van der Waals surface area contributed by atoms with Gasteiger partial charge in [0.05, 0.1) is 5.69 Å². The monoisotopic (exact) mass is 235 g/mol. The molecule has 3 N–H and O–H groups in total. The first kappa shape index (κ1) is 11.8. The Morgan fingerprint density at radius 2 is 2.12 bits per heavy atom. The maximum Gasteiger partial charge on any atom is 0.348 e. The van der Waals surface area contributed by atoms with E-state index in [1.54, 1.807) is 0 Å². The summed E-state index contributed by atoms with van der Waals surface area (Å²) < 4.78 is 1.38. The maximum absolute atomic E-state index is 11.3. The molecule has 0 spiro atoms. The SMILES string of the molecule is CC(C)C(c1cc2n[nH]c(=O)n2cn1)C(C)N. The van der Waals surface area contributed by atoms with Crippen LogP contribution in [0, 0.1) is 5.92 Å². The largest absolute Gasteiger partial charge is 0.348 e. The van der Waals surface area contributed by atoms with Gasteiger partial charge in [0.25, 0.3) is 0 Å². The van der Waals surface area contributed by atoms with Gasteiger partial charge >= 0.3 is 5.69 Å². The van der Waals surface area contributed by atoms with E-state index in [0.717, 1.165) is 5.69 Å². The van der Waals surface area contributed by atoms with E-state index in [1.807, 2.05) is 13.0 Å². The van der Waals surface area contributed by atoms with E-state index in [-0.39, 0.29) is 17.6 Å². The van der Waals surface area contributed by atoms with Crippen molar-refractivity contribution in [2.45, 2.75) is 32.7 Å². The second kappa shape index (κ2) is 4.29. The number of aromatic nitrogens is 4. The lowest BCUT2D eigenvalue weighted by Gasteiger charge is -2.23. The minimum Gasteiger partial charge on any atom is -0.327 e. The molecule has 92 valence electrons. The van der Waals surface area contributed by atoms with E-state index in [4.69, 9.17) is 5.73 Å². The molecule has 0 saturated heterocycles. The summed E-state index contributed by atoms with van der Waals surface area (Å²) in [6, 6.07) is 1.82. The summed E-state index contributed by atoms with van der Waals surface area (Å²) in [5.74, 6) is 0.544. The van der Waals surface area contributed by atoms with Crippen LogP contribution >= 0.6 is 0 Å². The molecule has 2 heterocycles. The summed E-state index contributed by atoms with van der Waals surface area (Å²) in [5.41, 5.74) is 7.16. The van der Waals surface area contributed by atoms with Crippen LogP contribution in [-0.4, -0.2) is 25.6 Å². The van der Waals surface area contributed by atoms with E-state index >= 15 is 0 Å². The van der Waals surface area contributed by atoms with Crippen molar-refractivity contribution in [1.29, 1.82) is 0 Å². The van der Waals surface area contributed by atoms with Crippen LogP contribution in [-0.2, 0) is 0 Å². The van der Waals surface area contributed by atoms with E-state index in [0.29, 0.717) is 11.6 Å². The second-order valence-corrected chi connectivity index (χ2v) is 4.70. The van der Waals surface area contributed by atoms with Gasteiger partial charge in [0, 0.05) is 18.0 Å². The normalized spacial score (nSPS) is 15.4. The highest BCUT2D eigenvalue weighted by Gasteiger charge is 2.22. The Labute approximate surface area is 98.9 Å². The summed E-state index contributed by atoms with van der Waals surface area (Å²) in [7, 11) is 0. The first-order valence-electron chi connectivity index (χ1n) is 5.69. The fourth-order valence-electron chi connectivity index (χ4n) is 2.22. The molecule has 2 unspecified atom stereocenters. The van der Waals surface area contributed by atoms with Crippen LogP contribution in [0.1, 0.15) is 32.4 Å². The lowest BCUT2D eigenvalue weighted by atomic mass is 9.87. The van der Waals surface area contributed by atoms with Gasteiger partial charge < -0.3 is 5.73 Å². The van der Waals surface area contributed by atoms with Crippen molar-refractivity contribution in [2.24, 2.45) is 11.7 Å². The van der Waals surface area contributed by atoms with E-state index in [2.05, 4.69) is 29.0 Å². The third kappa shape index (κ3) is 2.08. The van der Waals surface area contributed by atoms with Crippen molar-refractivity contribution in [3.05, 3.63) is 28.6 Å². The molecule has 0 aliphatic heterocycles. The lowest BCUT2D eigenvalue weighted by molar-refractivity contribution is 0.426. The number of hydrogen-bond acceptors (Lipinski definition) is 4. The Balaban J connectivity index is 2.51. The quantitative estimate of drug-likeness (QED) is 0.811.